The fourth-order valence-electron chi connectivity index (χ4n) is 1.44. The molecule has 0 amide bonds. The Kier molecular flexibility index (Phi) is 6.49. The summed E-state index contributed by atoms with van der Waals surface area (Å²) < 4.78 is 23.0. The Morgan fingerprint density at radius 3 is 2.55 bits per heavy atom. The molecule has 0 fully saturated rings. The van der Waals surface area contributed by atoms with Gasteiger partial charge in [-0.2, -0.15) is 0 Å². The van der Waals surface area contributed by atoms with Crippen LogP contribution in [0, 0.1) is 5.82 Å². The van der Waals surface area contributed by atoms with E-state index < -0.39 is 5.97 Å². The van der Waals surface area contributed by atoms with Crippen LogP contribution in [0.5, 0.6) is 5.75 Å². The average molecular weight is 283 g/mol. The van der Waals surface area contributed by atoms with Crippen molar-refractivity contribution in [1.82, 2.24) is 0 Å². The molecule has 0 unspecified atom stereocenters. The van der Waals surface area contributed by atoms with Gasteiger partial charge in [0.25, 0.3) is 0 Å². The highest BCUT2D eigenvalue weighted by Crippen LogP contribution is 2.11. The fourth-order valence-corrected chi connectivity index (χ4v) is 1.44. The van der Waals surface area contributed by atoms with Gasteiger partial charge in [-0.3, -0.25) is 0 Å². The molecule has 1 aromatic rings. The summed E-state index contributed by atoms with van der Waals surface area (Å²) in [5.41, 5.74) is -0.0404. The van der Waals surface area contributed by atoms with Gasteiger partial charge in [-0.25, -0.2) is 9.18 Å². The summed E-state index contributed by atoms with van der Waals surface area (Å²) in [6, 6.07) is 5.64. The number of oxime groups is 1. The van der Waals surface area contributed by atoms with Crippen LogP contribution in [0.1, 0.15) is 26.7 Å². The van der Waals surface area contributed by atoms with E-state index in [0.717, 1.165) is 0 Å². The first-order valence-electron chi connectivity index (χ1n) is 6.33. The van der Waals surface area contributed by atoms with Crippen molar-refractivity contribution < 1.29 is 23.9 Å². The second-order valence-corrected chi connectivity index (χ2v) is 4.41. The molecule has 0 aliphatic heterocycles. The number of halogens is 1. The zero-order chi connectivity index (χ0) is 15.0. The van der Waals surface area contributed by atoms with Crippen molar-refractivity contribution in [2.75, 3.05) is 6.61 Å². The lowest BCUT2D eigenvalue weighted by Crippen LogP contribution is -2.21. The highest BCUT2D eigenvalue weighted by atomic mass is 19.1. The largest absolute Gasteiger partial charge is 0.494 e. The van der Waals surface area contributed by atoms with Gasteiger partial charge in [-0.05, 0) is 44.5 Å². The molecular formula is C14H18FNO4. The molecule has 110 valence electrons. The summed E-state index contributed by atoms with van der Waals surface area (Å²) >= 11 is 0. The van der Waals surface area contributed by atoms with Gasteiger partial charge in [0.2, 0.25) is 0 Å². The SMILES string of the molecule is CC(C)OC(=O)/C(CCCOc1ccc(F)cc1)=N\O. The van der Waals surface area contributed by atoms with Gasteiger partial charge < -0.3 is 14.7 Å². The fraction of sp³-hybridized carbons (Fsp3) is 0.429. The standard InChI is InChI=1S/C14H18FNO4/c1-10(2)20-14(17)13(16-18)4-3-9-19-12-7-5-11(15)6-8-12/h5-8,10,18H,3-4,9H2,1-2H3/b16-13-. The lowest BCUT2D eigenvalue weighted by atomic mass is 10.2. The van der Waals surface area contributed by atoms with Crippen LogP contribution in [0.4, 0.5) is 4.39 Å². The Hall–Kier alpha value is -2.11. The Balaban J connectivity index is 2.32. The van der Waals surface area contributed by atoms with Crippen LogP contribution in [0.25, 0.3) is 0 Å². The van der Waals surface area contributed by atoms with Gasteiger partial charge in [0.05, 0.1) is 12.7 Å². The smallest absolute Gasteiger partial charge is 0.356 e. The van der Waals surface area contributed by atoms with Crippen LogP contribution in [0.15, 0.2) is 29.4 Å². The molecule has 0 saturated carbocycles. The van der Waals surface area contributed by atoms with E-state index >= 15 is 0 Å². The number of hydrogen-bond acceptors (Lipinski definition) is 5. The van der Waals surface area contributed by atoms with Crippen LogP contribution in [0.2, 0.25) is 0 Å². The van der Waals surface area contributed by atoms with Gasteiger partial charge in [0.15, 0.2) is 5.71 Å². The van der Waals surface area contributed by atoms with E-state index in [-0.39, 0.29) is 24.1 Å². The summed E-state index contributed by atoms with van der Waals surface area (Å²) in [5, 5.41) is 11.7. The summed E-state index contributed by atoms with van der Waals surface area (Å²) in [6.07, 6.45) is 0.447. The third-order valence-corrected chi connectivity index (χ3v) is 2.34. The van der Waals surface area contributed by atoms with Crippen molar-refractivity contribution in [3.8, 4) is 5.75 Å². The molecule has 0 aromatic heterocycles. The number of nitrogens with zero attached hydrogens (tertiary/aromatic N) is 1. The van der Waals surface area contributed by atoms with Crippen molar-refractivity contribution >= 4 is 11.7 Å². The second-order valence-electron chi connectivity index (χ2n) is 4.41. The topological polar surface area (TPSA) is 68.1 Å². The van der Waals surface area contributed by atoms with E-state index in [4.69, 9.17) is 14.7 Å². The molecule has 0 heterocycles. The molecule has 0 bridgehead atoms. The molecular weight excluding hydrogens is 265 g/mol. The lowest BCUT2D eigenvalue weighted by Gasteiger charge is -2.09. The molecule has 0 saturated heterocycles. The molecule has 1 rings (SSSR count). The van der Waals surface area contributed by atoms with Gasteiger partial charge in [0.1, 0.15) is 11.6 Å². The Morgan fingerprint density at radius 2 is 2.00 bits per heavy atom. The molecule has 20 heavy (non-hydrogen) atoms. The van der Waals surface area contributed by atoms with Crippen molar-refractivity contribution in [3.63, 3.8) is 0 Å². The molecule has 0 atom stereocenters. The van der Waals surface area contributed by atoms with E-state index in [0.29, 0.717) is 18.8 Å². The molecule has 1 aromatic carbocycles. The minimum Gasteiger partial charge on any atom is -0.494 e. The quantitative estimate of drug-likeness (QED) is 0.275. The lowest BCUT2D eigenvalue weighted by molar-refractivity contribution is -0.139. The average Bonchev–Trinajstić information content (AvgIpc) is 2.40. The maximum absolute atomic E-state index is 12.7. The maximum atomic E-state index is 12.7. The highest BCUT2D eigenvalue weighted by Gasteiger charge is 2.15. The molecule has 0 spiro atoms. The van der Waals surface area contributed by atoms with Crippen molar-refractivity contribution in [2.45, 2.75) is 32.8 Å². The molecule has 0 aliphatic carbocycles. The minimum atomic E-state index is -0.635. The Bertz CT molecular complexity index is 457. The van der Waals surface area contributed by atoms with Crippen LogP contribution in [-0.4, -0.2) is 29.6 Å². The van der Waals surface area contributed by atoms with E-state index in [2.05, 4.69) is 5.16 Å². The summed E-state index contributed by atoms with van der Waals surface area (Å²) in [7, 11) is 0. The minimum absolute atomic E-state index is 0.0404. The van der Waals surface area contributed by atoms with E-state index in [1.54, 1.807) is 13.8 Å². The first-order valence-corrected chi connectivity index (χ1v) is 6.33. The molecule has 0 radical (unpaired) electrons. The molecule has 0 aliphatic rings. The van der Waals surface area contributed by atoms with E-state index in [1.807, 2.05) is 0 Å². The second kappa shape index (κ2) is 8.14. The Labute approximate surface area is 117 Å². The van der Waals surface area contributed by atoms with Crippen LogP contribution >= 0.6 is 0 Å². The summed E-state index contributed by atoms with van der Waals surface area (Å²) in [4.78, 5) is 11.5. The maximum Gasteiger partial charge on any atom is 0.356 e. The third-order valence-electron chi connectivity index (χ3n) is 2.34. The predicted octanol–water partition coefficient (Wildman–Crippen LogP) is 2.77. The van der Waals surface area contributed by atoms with Gasteiger partial charge in [0, 0.05) is 6.42 Å². The van der Waals surface area contributed by atoms with Crippen molar-refractivity contribution in [2.24, 2.45) is 5.16 Å². The van der Waals surface area contributed by atoms with Crippen molar-refractivity contribution in [3.05, 3.63) is 30.1 Å². The number of carbonyl (C=O) groups is 1. The summed E-state index contributed by atoms with van der Waals surface area (Å²) in [5.74, 6) is -0.425. The van der Waals surface area contributed by atoms with Crippen molar-refractivity contribution in [1.29, 1.82) is 0 Å². The van der Waals surface area contributed by atoms with Gasteiger partial charge >= 0.3 is 5.97 Å². The first kappa shape index (κ1) is 15.9. The van der Waals surface area contributed by atoms with Crippen LogP contribution < -0.4 is 4.74 Å². The van der Waals surface area contributed by atoms with E-state index in [1.165, 1.54) is 24.3 Å². The van der Waals surface area contributed by atoms with Gasteiger partial charge in [-0.1, -0.05) is 5.16 Å². The monoisotopic (exact) mass is 283 g/mol. The summed E-state index contributed by atoms with van der Waals surface area (Å²) in [6.45, 7) is 3.74. The number of carbonyl (C=O) groups excluding carboxylic acids is 1. The normalized spacial score (nSPS) is 11.5. The predicted molar refractivity (Wildman–Crippen MR) is 71.6 cm³/mol. The molecule has 6 heteroatoms. The van der Waals surface area contributed by atoms with Crippen LogP contribution in [0.3, 0.4) is 0 Å². The number of hydrogen-bond donors (Lipinski definition) is 1. The zero-order valence-corrected chi connectivity index (χ0v) is 11.5. The number of rotatable bonds is 7. The third kappa shape index (κ3) is 5.69. The van der Waals surface area contributed by atoms with Crippen LogP contribution in [-0.2, 0) is 9.53 Å². The van der Waals surface area contributed by atoms with Gasteiger partial charge in [-0.15, -0.1) is 0 Å². The number of esters is 1. The number of benzene rings is 1. The highest BCUT2D eigenvalue weighted by molar-refractivity contribution is 6.36. The van der Waals surface area contributed by atoms with E-state index in [9.17, 15) is 9.18 Å². The zero-order valence-electron chi connectivity index (χ0n) is 11.5. The molecule has 1 N–H and O–H groups in total. The number of ether oxygens (including phenoxy) is 2. The molecule has 5 nitrogen and oxygen atoms in total. The Morgan fingerprint density at radius 1 is 1.35 bits per heavy atom. The first-order chi connectivity index (χ1) is 9.52.